The molecule has 31 atom stereocenters. The Morgan fingerprint density at radius 2 is 0.438 bits per heavy atom. The molecule has 0 saturated carbocycles. The maximum absolute atomic E-state index is 12.0. The zero-order valence-corrected chi connectivity index (χ0v) is 71.1. The Bertz CT molecular complexity index is 2300. The normalized spacial score (nSPS) is 35.6. The highest BCUT2D eigenvalue weighted by atomic mass is 16.8. The Morgan fingerprint density at radius 1 is 0.223 bits per heavy atom. The molecule has 0 radical (unpaired) electrons. The summed E-state index contributed by atoms with van der Waals surface area (Å²) in [6.45, 7) is 3.04. The molecular weight excluding hydrogens is 1610 g/mol. The van der Waals surface area contributed by atoms with Gasteiger partial charge in [0, 0.05) is 44.2 Å². The van der Waals surface area contributed by atoms with Crippen molar-refractivity contribution in [2.75, 3.05) is 152 Å². The second-order valence-electron chi connectivity index (χ2n) is 33.1. The van der Waals surface area contributed by atoms with E-state index in [1.807, 2.05) is 0 Å². The van der Waals surface area contributed by atoms with E-state index in [4.69, 9.17) is 90.0 Å². The quantitative estimate of drug-likeness (QED) is 0.0256. The fourth-order valence-corrected chi connectivity index (χ4v) is 15.0. The van der Waals surface area contributed by atoms with Crippen LogP contribution in [-0.4, -0.2) is 443 Å². The summed E-state index contributed by atoms with van der Waals surface area (Å²) in [4.78, 5) is 0. The van der Waals surface area contributed by atoms with Crippen LogP contribution >= 0.6 is 0 Å². The van der Waals surface area contributed by atoms with Crippen LogP contribution in [0, 0.1) is 23.2 Å². The molecule has 0 amide bonds. The van der Waals surface area contributed by atoms with Gasteiger partial charge in [0.1, 0.15) is 146 Å². The van der Waals surface area contributed by atoms with Crippen LogP contribution in [0.3, 0.4) is 0 Å². The van der Waals surface area contributed by atoms with Gasteiger partial charge in [0.15, 0.2) is 37.7 Å². The highest BCUT2D eigenvalue weighted by Gasteiger charge is 2.56. The molecule has 0 bridgehead atoms. The van der Waals surface area contributed by atoms with E-state index in [-0.39, 0.29) is 44.9 Å². The van der Waals surface area contributed by atoms with Gasteiger partial charge >= 0.3 is 0 Å². The van der Waals surface area contributed by atoms with Gasteiger partial charge in [-0.15, -0.1) is 0 Å². The second kappa shape index (κ2) is 59.7. The standard InChI is InChI=1S/C81H152O40/c1-5-9-13-17-21-25-103-35-48(36-104-26-22-18-14-10-6-2)39-107-41-50(42-108-40-49(37-105-27-23-19-15-11-7-3)38-106-28-24-20-16-12-8-4)43-109-44-81(45-110-75-69(100)63(94)72(54(32-85)116-75)119-78-66(97)60(91)57(88)51(29-82)113-78,46-111-76-70(101)64(95)73(55(33-86)117-76)120-79-67(98)61(92)58(89)52(30-83)114-79)47-112-77-71(102)65(96)74(56(34-87)118-77)121-80-68(99)62(93)59(90)53(31-84)115-80/h48-80,82-102H,5-47H2,1-4H3/t51?,52?,53?,54?,55?,56?,57-,58-,59-,60+,61?,62?,63?,64?,65?,66?,67?,68?,69?,70?,71?,72-,73-,74+,75-,76-,77-,78-,79-,80-,81?/m1/s1. The van der Waals surface area contributed by atoms with Crippen molar-refractivity contribution in [2.45, 2.75) is 340 Å². The van der Waals surface area contributed by atoms with Gasteiger partial charge < -0.3 is 197 Å². The zero-order valence-electron chi connectivity index (χ0n) is 71.1. The molecule has 0 spiro atoms. The molecule has 18 unspecified atom stereocenters. The zero-order chi connectivity index (χ0) is 88.4. The van der Waals surface area contributed by atoms with Crippen LogP contribution in [0.15, 0.2) is 0 Å². The SMILES string of the molecule is CCCCCCCOCC(COCCCCCCC)COCC(COCC(COCCCCCCC)COCCCCCCC)COCC(CO[C@@H]1OC(CO)[C@@H](O[C@H]2OC(CO)[C@@H](O)C(O)C2O)C(O)C1O)(CO[C@@H]1OC(CO)[C@@H](O[C@H]2OC(CO)[C@@H](O)[C@H](O)C2O)C(O)C1O)CO[C@@H]1OC(CO)[C@H](O[C@H]2OC(CO)[C@@H](O)C(O)C2O)C(O)C1O. The average molecular weight is 1770 g/mol. The van der Waals surface area contributed by atoms with Crippen molar-refractivity contribution in [2.24, 2.45) is 23.2 Å². The minimum absolute atomic E-state index is 0.0209. The first-order valence-electron chi connectivity index (χ1n) is 44.0. The second-order valence-corrected chi connectivity index (χ2v) is 33.1. The summed E-state index contributed by atoms with van der Waals surface area (Å²) in [6, 6.07) is 0. The van der Waals surface area contributed by atoms with Gasteiger partial charge in [-0.3, -0.25) is 0 Å². The third kappa shape index (κ3) is 34.6. The Morgan fingerprint density at radius 3 is 0.678 bits per heavy atom. The molecule has 21 N–H and O–H groups in total. The molecule has 6 rings (SSSR count). The predicted molar refractivity (Wildman–Crippen MR) is 421 cm³/mol. The van der Waals surface area contributed by atoms with Crippen molar-refractivity contribution in [1.82, 2.24) is 0 Å². The lowest BCUT2D eigenvalue weighted by atomic mass is 9.91. The first kappa shape index (κ1) is 108. The smallest absolute Gasteiger partial charge is 0.187 e. The fourth-order valence-electron chi connectivity index (χ4n) is 15.0. The van der Waals surface area contributed by atoms with E-state index in [0.717, 1.165) is 128 Å². The van der Waals surface area contributed by atoms with Gasteiger partial charge in [0.25, 0.3) is 0 Å². The summed E-state index contributed by atoms with van der Waals surface area (Å²) in [6.07, 6.45) is -36.8. The van der Waals surface area contributed by atoms with Gasteiger partial charge in [-0.1, -0.05) is 130 Å². The van der Waals surface area contributed by atoms with Crippen LogP contribution in [-0.2, 0) is 90.0 Å². The van der Waals surface area contributed by atoms with Gasteiger partial charge in [-0.2, -0.15) is 0 Å². The maximum Gasteiger partial charge on any atom is 0.187 e. The maximum atomic E-state index is 12.0. The lowest BCUT2D eigenvalue weighted by Gasteiger charge is -2.47. The third-order valence-electron chi connectivity index (χ3n) is 22.7. The monoisotopic (exact) mass is 1760 g/mol. The molecule has 121 heavy (non-hydrogen) atoms. The van der Waals surface area contributed by atoms with E-state index >= 15 is 0 Å². The number of unbranched alkanes of at least 4 members (excludes halogenated alkanes) is 16. The lowest BCUT2D eigenvalue weighted by Crippen LogP contribution is -2.65. The van der Waals surface area contributed by atoms with Crippen molar-refractivity contribution >= 4 is 0 Å². The molecule has 0 aromatic heterocycles. The molecule has 0 aromatic rings. The first-order valence-corrected chi connectivity index (χ1v) is 44.0. The van der Waals surface area contributed by atoms with E-state index in [9.17, 15) is 107 Å². The van der Waals surface area contributed by atoms with Crippen LogP contribution in [0.4, 0.5) is 0 Å². The Hall–Kier alpha value is -1.60. The molecule has 6 fully saturated rings. The van der Waals surface area contributed by atoms with Crippen molar-refractivity contribution in [3.05, 3.63) is 0 Å². The lowest BCUT2D eigenvalue weighted by molar-refractivity contribution is -0.370. The Kier molecular flexibility index (Phi) is 53.3. The Labute approximate surface area is 710 Å². The summed E-state index contributed by atoms with van der Waals surface area (Å²) in [5.41, 5.74) is -2.07. The van der Waals surface area contributed by atoms with E-state index in [1.54, 1.807) is 0 Å². The highest BCUT2D eigenvalue weighted by molar-refractivity contribution is 4.99. The van der Waals surface area contributed by atoms with Crippen molar-refractivity contribution < 1.29 is 197 Å². The summed E-state index contributed by atoms with van der Waals surface area (Å²) in [5, 5.41) is 231. The number of aliphatic hydroxyl groups excluding tert-OH is 21. The number of aliphatic hydroxyl groups is 21. The van der Waals surface area contributed by atoms with Crippen LogP contribution in [0.5, 0.6) is 0 Å². The van der Waals surface area contributed by atoms with E-state index < -0.39 is 262 Å². The molecule has 6 aliphatic rings. The van der Waals surface area contributed by atoms with E-state index in [2.05, 4.69) is 27.7 Å². The van der Waals surface area contributed by atoms with Gasteiger partial charge in [0.05, 0.1) is 131 Å². The number of ether oxygens (including phenoxy) is 19. The minimum atomic E-state index is -2.20. The molecule has 40 nitrogen and oxygen atoms in total. The number of hydrogen-bond donors (Lipinski definition) is 21. The van der Waals surface area contributed by atoms with Crippen molar-refractivity contribution in [3.8, 4) is 0 Å². The van der Waals surface area contributed by atoms with Crippen molar-refractivity contribution in [1.29, 1.82) is 0 Å². The predicted octanol–water partition coefficient (Wildman–Crippen LogP) is -4.26. The molecular formula is C81H152O40. The molecule has 40 heteroatoms. The van der Waals surface area contributed by atoms with Crippen LogP contribution in [0.25, 0.3) is 0 Å². The first-order chi connectivity index (χ1) is 58.3. The molecule has 6 saturated heterocycles. The minimum Gasteiger partial charge on any atom is -0.394 e. The molecule has 0 aliphatic carbocycles. The molecule has 6 heterocycles. The van der Waals surface area contributed by atoms with Gasteiger partial charge in [0.2, 0.25) is 0 Å². The molecule has 0 aromatic carbocycles. The third-order valence-corrected chi connectivity index (χ3v) is 22.7. The van der Waals surface area contributed by atoms with Crippen LogP contribution in [0.2, 0.25) is 0 Å². The van der Waals surface area contributed by atoms with Gasteiger partial charge in [-0.25, -0.2) is 0 Å². The topological polar surface area (TPSA) is 600 Å². The number of rotatable bonds is 65. The van der Waals surface area contributed by atoms with Crippen molar-refractivity contribution in [3.63, 3.8) is 0 Å². The molecule has 716 valence electrons. The average Bonchev–Trinajstić information content (AvgIpc) is 0.791. The summed E-state index contributed by atoms with van der Waals surface area (Å²) >= 11 is 0. The summed E-state index contributed by atoms with van der Waals surface area (Å²) in [5.74, 6) is -1.12. The van der Waals surface area contributed by atoms with Crippen LogP contribution < -0.4 is 0 Å². The highest BCUT2D eigenvalue weighted by Crippen LogP contribution is 2.37. The Balaban J connectivity index is 1.40. The fraction of sp³-hybridized carbons (Fsp3) is 1.00. The van der Waals surface area contributed by atoms with E-state index in [1.165, 1.54) is 0 Å². The van der Waals surface area contributed by atoms with Gasteiger partial charge in [-0.05, 0) is 25.7 Å². The largest absolute Gasteiger partial charge is 0.394 e. The summed E-state index contributed by atoms with van der Waals surface area (Å²) in [7, 11) is 0. The molecule has 6 aliphatic heterocycles. The van der Waals surface area contributed by atoms with E-state index in [0.29, 0.717) is 52.9 Å². The summed E-state index contributed by atoms with van der Waals surface area (Å²) < 4.78 is 116. The van der Waals surface area contributed by atoms with Crippen LogP contribution in [0.1, 0.15) is 156 Å². The number of hydrogen-bond acceptors (Lipinski definition) is 40.